The van der Waals surface area contributed by atoms with Gasteiger partial charge in [-0.15, -0.1) is 0 Å². The summed E-state index contributed by atoms with van der Waals surface area (Å²) >= 11 is 3.48. The highest BCUT2D eigenvalue weighted by Gasteiger charge is 2.16. The Morgan fingerprint density at radius 1 is 1.07 bits per heavy atom. The van der Waals surface area contributed by atoms with Crippen LogP contribution in [0.4, 0.5) is 11.4 Å². The Morgan fingerprint density at radius 3 is 2.33 bits per heavy atom. The van der Waals surface area contributed by atoms with Gasteiger partial charge in [0.05, 0.1) is 45.9 Å². The molecule has 160 valence electrons. The molecule has 8 heteroatoms. The van der Waals surface area contributed by atoms with Crippen molar-refractivity contribution < 1.29 is 23.7 Å². The van der Waals surface area contributed by atoms with Gasteiger partial charge in [0.2, 0.25) is 11.7 Å². The number of nitrogens with zero attached hydrogens (tertiary/aromatic N) is 1. The maximum atomic E-state index is 12.6. The Hall–Kier alpha value is -2.71. The molecule has 3 rings (SSSR count). The van der Waals surface area contributed by atoms with E-state index in [1.165, 1.54) is 6.08 Å². The first-order chi connectivity index (χ1) is 14.5. The zero-order valence-corrected chi connectivity index (χ0v) is 18.8. The van der Waals surface area contributed by atoms with Crippen molar-refractivity contribution in [1.29, 1.82) is 0 Å². The summed E-state index contributed by atoms with van der Waals surface area (Å²) in [6, 6.07) is 9.42. The van der Waals surface area contributed by atoms with E-state index >= 15 is 0 Å². The van der Waals surface area contributed by atoms with Crippen LogP contribution in [0, 0.1) is 0 Å². The fourth-order valence-corrected chi connectivity index (χ4v) is 3.59. The van der Waals surface area contributed by atoms with Crippen molar-refractivity contribution >= 4 is 39.3 Å². The van der Waals surface area contributed by atoms with E-state index in [1.807, 2.05) is 18.2 Å². The Balaban J connectivity index is 1.79. The number of hydrogen-bond acceptors (Lipinski definition) is 6. The second kappa shape index (κ2) is 10.4. The third-order valence-electron chi connectivity index (χ3n) is 4.68. The number of nitrogens with one attached hydrogen (secondary N) is 1. The fourth-order valence-electron chi connectivity index (χ4n) is 3.23. The van der Waals surface area contributed by atoms with Gasteiger partial charge in [-0.1, -0.05) is 15.9 Å². The minimum atomic E-state index is -0.239. The first-order valence-electron chi connectivity index (χ1n) is 9.47. The quantitative estimate of drug-likeness (QED) is 0.609. The zero-order chi connectivity index (χ0) is 21.5. The Morgan fingerprint density at radius 2 is 1.73 bits per heavy atom. The number of carbonyl (C=O) groups is 1. The van der Waals surface area contributed by atoms with E-state index in [0.29, 0.717) is 30.5 Å². The van der Waals surface area contributed by atoms with Crippen LogP contribution in [-0.2, 0) is 9.53 Å². The minimum absolute atomic E-state index is 0.239. The Labute approximate surface area is 184 Å². The third kappa shape index (κ3) is 5.25. The molecule has 1 N–H and O–H groups in total. The van der Waals surface area contributed by atoms with E-state index in [-0.39, 0.29) is 5.91 Å². The molecule has 0 aliphatic carbocycles. The predicted molar refractivity (Wildman–Crippen MR) is 121 cm³/mol. The summed E-state index contributed by atoms with van der Waals surface area (Å²) in [5, 5.41) is 2.97. The van der Waals surface area contributed by atoms with Crippen molar-refractivity contribution in [2.24, 2.45) is 0 Å². The van der Waals surface area contributed by atoms with Crippen LogP contribution in [0.25, 0.3) is 6.08 Å². The van der Waals surface area contributed by atoms with Crippen LogP contribution >= 0.6 is 15.9 Å². The second-order valence-electron chi connectivity index (χ2n) is 6.54. The average molecular weight is 477 g/mol. The molecule has 0 radical (unpaired) electrons. The zero-order valence-electron chi connectivity index (χ0n) is 17.2. The smallest absolute Gasteiger partial charge is 0.248 e. The molecule has 1 aliphatic rings. The van der Waals surface area contributed by atoms with Gasteiger partial charge in [0, 0.05) is 23.6 Å². The van der Waals surface area contributed by atoms with Crippen molar-refractivity contribution in [1.82, 2.24) is 0 Å². The molecule has 1 amide bonds. The minimum Gasteiger partial charge on any atom is -0.493 e. The van der Waals surface area contributed by atoms with Gasteiger partial charge in [0.15, 0.2) is 11.5 Å². The molecule has 2 aromatic carbocycles. The molecule has 0 unspecified atom stereocenters. The molecule has 1 saturated heterocycles. The van der Waals surface area contributed by atoms with Crippen molar-refractivity contribution in [3.63, 3.8) is 0 Å². The number of halogens is 1. The van der Waals surface area contributed by atoms with E-state index < -0.39 is 0 Å². The molecule has 0 bridgehead atoms. The van der Waals surface area contributed by atoms with Crippen LogP contribution in [0.5, 0.6) is 17.2 Å². The summed E-state index contributed by atoms with van der Waals surface area (Å²) < 4.78 is 22.4. The summed E-state index contributed by atoms with van der Waals surface area (Å²) in [6.45, 7) is 2.91. The van der Waals surface area contributed by atoms with Crippen molar-refractivity contribution in [3.8, 4) is 17.2 Å². The standard InChI is InChI=1S/C22H25BrN2O5/c1-27-19-12-15(13-20(28-2)22(19)29-3)4-7-21(26)24-17-14-16(23)5-6-18(17)25-8-10-30-11-9-25/h4-7,12-14H,8-11H2,1-3H3,(H,24,26)/b7-4+. The molecule has 2 aromatic rings. The lowest BCUT2D eigenvalue weighted by molar-refractivity contribution is -0.111. The molecular formula is C22H25BrN2O5. The maximum absolute atomic E-state index is 12.6. The van der Waals surface area contributed by atoms with Gasteiger partial charge in [-0.3, -0.25) is 4.79 Å². The number of amides is 1. The number of hydrogen-bond donors (Lipinski definition) is 1. The lowest BCUT2D eigenvalue weighted by Gasteiger charge is -2.30. The lowest BCUT2D eigenvalue weighted by atomic mass is 10.1. The van der Waals surface area contributed by atoms with Gasteiger partial charge in [-0.05, 0) is 42.0 Å². The Bertz CT molecular complexity index is 901. The van der Waals surface area contributed by atoms with E-state index in [1.54, 1.807) is 39.5 Å². The SMILES string of the molecule is COc1cc(/C=C/C(=O)Nc2cc(Br)ccc2N2CCOCC2)cc(OC)c1OC. The highest BCUT2D eigenvalue weighted by molar-refractivity contribution is 9.10. The number of rotatable bonds is 7. The average Bonchev–Trinajstić information content (AvgIpc) is 2.77. The molecule has 1 heterocycles. The first kappa shape index (κ1) is 22.0. The molecule has 1 fully saturated rings. The summed E-state index contributed by atoms with van der Waals surface area (Å²) in [5.74, 6) is 1.32. The normalized spacial score (nSPS) is 13.9. The highest BCUT2D eigenvalue weighted by atomic mass is 79.9. The lowest BCUT2D eigenvalue weighted by Crippen LogP contribution is -2.36. The van der Waals surface area contributed by atoms with E-state index in [9.17, 15) is 4.79 Å². The van der Waals surface area contributed by atoms with Gasteiger partial charge in [-0.25, -0.2) is 0 Å². The monoisotopic (exact) mass is 476 g/mol. The summed E-state index contributed by atoms with van der Waals surface area (Å²) in [6.07, 6.45) is 3.18. The molecular weight excluding hydrogens is 452 g/mol. The highest BCUT2D eigenvalue weighted by Crippen LogP contribution is 2.38. The number of carbonyl (C=O) groups excluding carboxylic acids is 1. The van der Waals surface area contributed by atoms with E-state index in [0.717, 1.165) is 34.5 Å². The molecule has 7 nitrogen and oxygen atoms in total. The van der Waals surface area contributed by atoms with E-state index in [2.05, 4.69) is 26.1 Å². The molecule has 0 aromatic heterocycles. The Kier molecular flexibility index (Phi) is 7.59. The van der Waals surface area contributed by atoms with Gasteiger partial charge in [0.1, 0.15) is 0 Å². The largest absolute Gasteiger partial charge is 0.493 e. The summed E-state index contributed by atoms with van der Waals surface area (Å²) in [7, 11) is 4.66. The van der Waals surface area contributed by atoms with Crippen LogP contribution in [0.15, 0.2) is 40.9 Å². The number of anilines is 2. The number of ether oxygens (including phenoxy) is 4. The topological polar surface area (TPSA) is 69.3 Å². The summed E-state index contributed by atoms with van der Waals surface area (Å²) in [4.78, 5) is 14.8. The molecule has 0 atom stereocenters. The van der Waals surface area contributed by atoms with Crippen LogP contribution in [0.1, 0.15) is 5.56 Å². The fraction of sp³-hybridized carbons (Fsp3) is 0.318. The first-order valence-corrected chi connectivity index (χ1v) is 10.3. The summed E-state index contributed by atoms with van der Waals surface area (Å²) in [5.41, 5.74) is 2.46. The van der Waals surface area contributed by atoms with Crippen LogP contribution < -0.4 is 24.4 Å². The number of morpholine rings is 1. The molecule has 0 spiro atoms. The number of methoxy groups -OCH3 is 3. The van der Waals surface area contributed by atoms with Gasteiger partial charge in [-0.2, -0.15) is 0 Å². The second-order valence-corrected chi connectivity index (χ2v) is 7.46. The van der Waals surface area contributed by atoms with Crippen LogP contribution in [-0.4, -0.2) is 53.5 Å². The van der Waals surface area contributed by atoms with Crippen molar-refractivity contribution in [2.75, 3.05) is 57.8 Å². The van der Waals surface area contributed by atoms with Crippen LogP contribution in [0.2, 0.25) is 0 Å². The predicted octanol–water partition coefficient (Wildman–Crippen LogP) is 3.96. The van der Waals surface area contributed by atoms with Gasteiger partial charge in [0.25, 0.3) is 0 Å². The van der Waals surface area contributed by atoms with E-state index in [4.69, 9.17) is 18.9 Å². The molecule has 1 aliphatic heterocycles. The van der Waals surface area contributed by atoms with Crippen molar-refractivity contribution in [2.45, 2.75) is 0 Å². The van der Waals surface area contributed by atoms with Crippen molar-refractivity contribution in [3.05, 3.63) is 46.4 Å². The molecule has 0 saturated carbocycles. The van der Waals surface area contributed by atoms with Gasteiger partial charge < -0.3 is 29.2 Å². The van der Waals surface area contributed by atoms with Crippen LogP contribution in [0.3, 0.4) is 0 Å². The molecule has 30 heavy (non-hydrogen) atoms. The number of benzene rings is 2. The van der Waals surface area contributed by atoms with Gasteiger partial charge >= 0.3 is 0 Å². The third-order valence-corrected chi connectivity index (χ3v) is 5.18. The maximum Gasteiger partial charge on any atom is 0.248 e.